The highest BCUT2D eigenvalue weighted by atomic mass is 16.5. The van der Waals surface area contributed by atoms with Gasteiger partial charge in [-0.2, -0.15) is 5.26 Å². The smallest absolute Gasteiger partial charge is 0.0691 e. The molecule has 12 heavy (non-hydrogen) atoms. The maximum atomic E-state index is 8.84. The van der Waals surface area contributed by atoms with Crippen molar-refractivity contribution >= 4 is 0 Å². The molecular formula is C10H19NO. The van der Waals surface area contributed by atoms with Crippen molar-refractivity contribution < 1.29 is 4.74 Å². The van der Waals surface area contributed by atoms with Gasteiger partial charge in [-0.3, -0.25) is 0 Å². The number of rotatable bonds is 1. The molecule has 1 saturated heterocycles. The molecule has 0 N–H and O–H groups in total. The Morgan fingerprint density at radius 3 is 2.08 bits per heavy atom. The number of ether oxygens (including phenoxy) is 1. The minimum atomic E-state index is -0.0573. The van der Waals surface area contributed by atoms with Gasteiger partial charge in [0.2, 0.25) is 0 Å². The molecule has 1 heterocycles. The SMILES string of the molecule is CC.CCC1(C#N)CCOCC1. The monoisotopic (exact) mass is 169 g/mol. The molecule has 0 amide bonds. The molecule has 0 aromatic heterocycles. The molecule has 0 bridgehead atoms. The van der Waals surface area contributed by atoms with Gasteiger partial charge in [-0.25, -0.2) is 0 Å². The van der Waals surface area contributed by atoms with E-state index in [2.05, 4.69) is 13.0 Å². The minimum Gasteiger partial charge on any atom is -0.381 e. The molecule has 0 radical (unpaired) electrons. The molecule has 0 unspecified atom stereocenters. The number of hydrogen-bond acceptors (Lipinski definition) is 2. The molecule has 0 atom stereocenters. The lowest BCUT2D eigenvalue weighted by atomic mass is 9.79. The zero-order chi connectivity index (χ0) is 9.45. The second kappa shape index (κ2) is 6.02. The lowest BCUT2D eigenvalue weighted by Crippen LogP contribution is -2.27. The van der Waals surface area contributed by atoms with E-state index in [4.69, 9.17) is 10.00 Å². The highest BCUT2D eigenvalue weighted by molar-refractivity contribution is 4.98. The van der Waals surface area contributed by atoms with Crippen molar-refractivity contribution in [2.45, 2.75) is 40.0 Å². The summed E-state index contributed by atoms with van der Waals surface area (Å²) in [7, 11) is 0. The molecule has 0 aromatic carbocycles. The van der Waals surface area contributed by atoms with Crippen molar-refractivity contribution in [1.82, 2.24) is 0 Å². The zero-order valence-electron chi connectivity index (χ0n) is 8.39. The first kappa shape index (κ1) is 11.4. The molecule has 1 fully saturated rings. The van der Waals surface area contributed by atoms with Crippen LogP contribution in [0.3, 0.4) is 0 Å². The summed E-state index contributed by atoms with van der Waals surface area (Å²) in [6, 6.07) is 2.39. The summed E-state index contributed by atoms with van der Waals surface area (Å²) >= 11 is 0. The first-order valence-electron chi connectivity index (χ1n) is 4.82. The van der Waals surface area contributed by atoms with Crippen LogP contribution in [-0.4, -0.2) is 13.2 Å². The van der Waals surface area contributed by atoms with Crippen LogP contribution in [0.25, 0.3) is 0 Å². The Morgan fingerprint density at radius 2 is 1.83 bits per heavy atom. The first-order chi connectivity index (χ1) is 5.83. The molecule has 2 nitrogen and oxygen atoms in total. The van der Waals surface area contributed by atoms with Crippen LogP contribution < -0.4 is 0 Å². The van der Waals surface area contributed by atoms with Gasteiger partial charge in [-0.05, 0) is 19.3 Å². The molecule has 70 valence electrons. The van der Waals surface area contributed by atoms with Crippen molar-refractivity contribution in [3.8, 4) is 6.07 Å². The fraction of sp³-hybridized carbons (Fsp3) is 0.900. The van der Waals surface area contributed by atoms with Gasteiger partial charge in [0.15, 0.2) is 0 Å². The molecule has 0 spiro atoms. The third-order valence-electron chi connectivity index (χ3n) is 2.36. The zero-order valence-corrected chi connectivity index (χ0v) is 8.39. The topological polar surface area (TPSA) is 33.0 Å². The Morgan fingerprint density at radius 1 is 1.33 bits per heavy atom. The number of hydrogen-bond donors (Lipinski definition) is 0. The highest BCUT2D eigenvalue weighted by Crippen LogP contribution is 2.32. The standard InChI is InChI=1S/C8H13NO.C2H6/c1-2-8(7-9)3-5-10-6-4-8;1-2/h2-6H2,1H3;1-2H3. The van der Waals surface area contributed by atoms with E-state index in [1.54, 1.807) is 0 Å². The first-order valence-corrected chi connectivity index (χ1v) is 4.82. The fourth-order valence-electron chi connectivity index (χ4n) is 1.31. The molecule has 0 aliphatic carbocycles. The van der Waals surface area contributed by atoms with Gasteiger partial charge >= 0.3 is 0 Å². The van der Waals surface area contributed by atoms with Gasteiger partial charge in [0, 0.05) is 13.2 Å². The van der Waals surface area contributed by atoms with E-state index < -0.39 is 0 Å². The van der Waals surface area contributed by atoms with Crippen molar-refractivity contribution in [2.24, 2.45) is 5.41 Å². The highest BCUT2D eigenvalue weighted by Gasteiger charge is 2.30. The largest absolute Gasteiger partial charge is 0.381 e. The van der Waals surface area contributed by atoms with Crippen molar-refractivity contribution in [1.29, 1.82) is 5.26 Å². The van der Waals surface area contributed by atoms with E-state index >= 15 is 0 Å². The van der Waals surface area contributed by atoms with E-state index in [0.717, 1.165) is 32.5 Å². The normalized spacial score (nSPS) is 20.2. The summed E-state index contributed by atoms with van der Waals surface area (Å²) < 4.78 is 5.18. The van der Waals surface area contributed by atoms with Crippen molar-refractivity contribution in [3.05, 3.63) is 0 Å². The van der Waals surface area contributed by atoms with Gasteiger partial charge < -0.3 is 4.74 Å². The molecule has 1 rings (SSSR count). The summed E-state index contributed by atoms with van der Waals surface area (Å²) in [5, 5.41) is 8.84. The van der Waals surface area contributed by atoms with Gasteiger partial charge in [-0.15, -0.1) is 0 Å². The minimum absolute atomic E-state index is 0.0573. The van der Waals surface area contributed by atoms with Gasteiger partial charge in [0.25, 0.3) is 0 Å². The number of nitrogens with zero attached hydrogens (tertiary/aromatic N) is 1. The van der Waals surface area contributed by atoms with Crippen LogP contribution in [0.2, 0.25) is 0 Å². The Balaban J connectivity index is 0.000000561. The molecule has 0 saturated carbocycles. The average molecular weight is 169 g/mol. The maximum Gasteiger partial charge on any atom is 0.0691 e. The van der Waals surface area contributed by atoms with E-state index in [1.165, 1.54) is 0 Å². The van der Waals surface area contributed by atoms with Gasteiger partial charge in [0.05, 0.1) is 11.5 Å². The van der Waals surface area contributed by atoms with Crippen molar-refractivity contribution in [2.75, 3.05) is 13.2 Å². The van der Waals surface area contributed by atoms with Crippen molar-refractivity contribution in [3.63, 3.8) is 0 Å². The van der Waals surface area contributed by atoms with Crippen LogP contribution in [0, 0.1) is 16.7 Å². The summed E-state index contributed by atoms with van der Waals surface area (Å²) in [5.41, 5.74) is -0.0573. The Hall–Kier alpha value is -0.550. The van der Waals surface area contributed by atoms with Crippen LogP contribution >= 0.6 is 0 Å². The van der Waals surface area contributed by atoms with Crippen LogP contribution in [0.5, 0.6) is 0 Å². The molecule has 1 aliphatic rings. The summed E-state index contributed by atoms with van der Waals surface area (Å²) in [6.07, 6.45) is 2.80. The number of nitriles is 1. The second-order valence-corrected chi connectivity index (χ2v) is 2.86. The van der Waals surface area contributed by atoms with Gasteiger partial charge in [0.1, 0.15) is 0 Å². The third-order valence-corrected chi connectivity index (χ3v) is 2.36. The Labute approximate surface area is 75.5 Å². The van der Waals surface area contributed by atoms with E-state index in [9.17, 15) is 0 Å². The average Bonchev–Trinajstić information content (AvgIpc) is 2.22. The second-order valence-electron chi connectivity index (χ2n) is 2.86. The van der Waals surface area contributed by atoms with Crippen LogP contribution in [0.4, 0.5) is 0 Å². The lowest BCUT2D eigenvalue weighted by Gasteiger charge is -2.28. The van der Waals surface area contributed by atoms with Crippen LogP contribution in [0.15, 0.2) is 0 Å². The quantitative estimate of drug-likeness (QED) is 0.604. The third kappa shape index (κ3) is 2.83. The predicted octanol–water partition coefficient (Wildman–Crippen LogP) is 2.74. The lowest BCUT2D eigenvalue weighted by molar-refractivity contribution is 0.0390. The van der Waals surface area contributed by atoms with Crippen LogP contribution in [-0.2, 0) is 4.74 Å². The van der Waals surface area contributed by atoms with E-state index in [-0.39, 0.29) is 5.41 Å². The molecular weight excluding hydrogens is 150 g/mol. The predicted molar refractivity (Wildman–Crippen MR) is 49.7 cm³/mol. The maximum absolute atomic E-state index is 8.84. The van der Waals surface area contributed by atoms with E-state index in [1.807, 2.05) is 13.8 Å². The summed E-state index contributed by atoms with van der Waals surface area (Å²) in [5.74, 6) is 0. The Bertz CT molecular complexity index is 142. The van der Waals surface area contributed by atoms with E-state index in [0.29, 0.717) is 0 Å². The summed E-state index contributed by atoms with van der Waals surface area (Å²) in [6.45, 7) is 7.61. The molecule has 1 aliphatic heterocycles. The fourth-order valence-corrected chi connectivity index (χ4v) is 1.31. The summed E-state index contributed by atoms with van der Waals surface area (Å²) in [4.78, 5) is 0. The molecule has 2 heteroatoms. The Kier molecular flexibility index (Phi) is 5.74. The molecule has 0 aromatic rings. The van der Waals surface area contributed by atoms with Gasteiger partial charge in [-0.1, -0.05) is 20.8 Å². The van der Waals surface area contributed by atoms with Crippen LogP contribution in [0.1, 0.15) is 40.0 Å².